The van der Waals surface area contributed by atoms with Crippen LogP contribution in [0.1, 0.15) is 39.4 Å². The molecule has 1 atom stereocenters. The minimum Gasteiger partial charge on any atom is -0.347 e. The second kappa shape index (κ2) is 9.12. The molecule has 1 heterocycles. The van der Waals surface area contributed by atoms with Crippen LogP contribution in [0.2, 0.25) is 0 Å². The van der Waals surface area contributed by atoms with Crippen molar-refractivity contribution in [3.05, 3.63) is 12.2 Å². The van der Waals surface area contributed by atoms with Gasteiger partial charge in [-0.05, 0) is 20.3 Å². The second-order valence-corrected chi connectivity index (χ2v) is 4.38. The first-order valence-electron chi connectivity index (χ1n) is 5.95. The van der Waals surface area contributed by atoms with Gasteiger partial charge in [-0.15, -0.1) is 35.0 Å². The molecule has 1 aromatic heterocycles. The number of nitrogens with one attached hydrogen (secondary N) is 1. The fraction of sp³-hybridized carbons (Fsp3) is 0.727. The van der Waals surface area contributed by atoms with Crippen LogP contribution in [0.5, 0.6) is 0 Å². The Kier molecular flexibility index (Phi) is 9.82. The summed E-state index contributed by atoms with van der Waals surface area (Å²) in [4.78, 5) is 11.9. The summed E-state index contributed by atoms with van der Waals surface area (Å²) in [7, 11) is 0. The van der Waals surface area contributed by atoms with E-state index in [1.807, 2.05) is 18.4 Å². The van der Waals surface area contributed by atoms with E-state index < -0.39 is 5.54 Å². The van der Waals surface area contributed by atoms with E-state index in [-0.39, 0.29) is 30.7 Å². The maximum absolute atomic E-state index is 11.9. The molecule has 0 spiro atoms. The maximum atomic E-state index is 11.9. The number of amides is 1. The summed E-state index contributed by atoms with van der Waals surface area (Å²) in [5.74, 6) is 0.596. The SMILES string of the molecule is CCCC(C)(N)C(=O)NCc1nncn1CC.Cl.Cl. The number of hydrogen-bond donors (Lipinski definition) is 2. The molecule has 0 aromatic carbocycles. The highest BCUT2D eigenvalue weighted by atomic mass is 35.5. The van der Waals surface area contributed by atoms with Crippen molar-refractivity contribution in [3.8, 4) is 0 Å². The van der Waals surface area contributed by atoms with E-state index >= 15 is 0 Å². The highest BCUT2D eigenvalue weighted by Crippen LogP contribution is 2.08. The van der Waals surface area contributed by atoms with Gasteiger partial charge in [0.05, 0.1) is 12.1 Å². The molecule has 1 unspecified atom stereocenters. The monoisotopic (exact) mass is 311 g/mol. The number of rotatable bonds is 6. The standard InChI is InChI=1S/C11H21N5O.2ClH/c1-4-6-11(3,12)10(17)13-7-9-15-14-8-16(9)5-2;;/h8H,4-7,12H2,1-3H3,(H,13,17);2*1H. The van der Waals surface area contributed by atoms with E-state index in [4.69, 9.17) is 5.73 Å². The van der Waals surface area contributed by atoms with Crippen LogP contribution < -0.4 is 11.1 Å². The molecular formula is C11H23Cl2N5O. The zero-order valence-corrected chi connectivity index (χ0v) is 13.2. The lowest BCUT2D eigenvalue weighted by molar-refractivity contribution is -0.126. The molecule has 0 radical (unpaired) electrons. The molecule has 0 saturated heterocycles. The molecule has 1 aromatic rings. The first kappa shape index (κ1) is 20.5. The third kappa shape index (κ3) is 5.76. The van der Waals surface area contributed by atoms with Gasteiger partial charge in [0.15, 0.2) is 5.82 Å². The van der Waals surface area contributed by atoms with Gasteiger partial charge in [0.25, 0.3) is 0 Å². The number of halogens is 2. The van der Waals surface area contributed by atoms with E-state index in [2.05, 4.69) is 15.5 Å². The molecule has 0 fully saturated rings. The van der Waals surface area contributed by atoms with E-state index in [0.717, 1.165) is 18.8 Å². The molecule has 0 saturated carbocycles. The average molecular weight is 312 g/mol. The van der Waals surface area contributed by atoms with E-state index in [9.17, 15) is 4.79 Å². The lowest BCUT2D eigenvalue weighted by atomic mass is 9.96. The predicted molar refractivity (Wildman–Crippen MR) is 79.5 cm³/mol. The number of aryl methyl sites for hydroxylation is 1. The number of hydrogen-bond acceptors (Lipinski definition) is 4. The smallest absolute Gasteiger partial charge is 0.240 e. The van der Waals surface area contributed by atoms with Crippen LogP contribution >= 0.6 is 24.8 Å². The van der Waals surface area contributed by atoms with Crippen molar-refractivity contribution in [2.75, 3.05) is 0 Å². The fourth-order valence-electron chi connectivity index (χ4n) is 1.67. The van der Waals surface area contributed by atoms with Gasteiger partial charge in [0.1, 0.15) is 6.33 Å². The van der Waals surface area contributed by atoms with E-state index in [0.29, 0.717) is 13.0 Å². The molecular weight excluding hydrogens is 289 g/mol. The Morgan fingerprint density at radius 3 is 2.63 bits per heavy atom. The van der Waals surface area contributed by atoms with Crippen molar-refractivity contribution in [1.82, 2.24) is 20.1 Å². The molecule has 0 aliphatic carbocycles. The van der Waals surface area contributed by atoms with Crippen LogP contribution in [0.25, 0.3) is 0 Å². The minimum atomic E-state index is -0.814. The quantitative estimate of drug-likeness (QED) is 0.828. The van der Waals surface area contributed by atoms with Crippen LogP contribution in [-0.2, 0) is 17.9 Å². The molecule has 3 N–H and O–H groups in total. The summed E-state index contributed by atoms with van der Waals surface area (Å²) in [6.07, 6.45) is 3.19. The number of aromatic nitrogens is 3. The van der Waals surface area contributed by atoms with Gasteiger partial charge in [0.2, 0.25) is 5.91 Å². The summed E-state index contributed by atoms with van der Waals surface area (Å²) in [5.41, 5.74) is 5.11. The lowest BCUT2D eigenvalue weighted by Crippen LogP contribution is -2.51. The van der Waals surface area contributed by atoms with Crippen molar-refractivity contribution < 1.29 is 4.79 Å². The van der Waals surface area contributed by atoms with Crippen LogP contribution in [0.15, 0.2) is 6.33 Å². The Hall–Kier alpha value is -0.850. The summed E-state index contributed by atoms with van der Waals surface area (Å²) in [6.45, 7) is 6.90. The van der Waals surface area contributed by atoms with Gasteiger partial charge in [0, 0.05) is 6.54 Å². The molecule has 19 heavy (non-hydrogen) atoms. The third-order valence-corrected chi connectivity index (χ3v) is 2.73. The summed E-state index contributed by atoms with van der Waals surface area (Å²) >= 11 is 0. The molecule has 0 aliphatic heterocycles. The minimum absolute atomic E-state index is 0. The molecule has 0 aliphatic rings. The van der Waals surface area contributed by atoms with E-state index in [1.165, 1.54) is 0 Å². The van der Waals surface area contributed by atoms with Gasteiger partial charge in [-0.25, -0.2) is 0 Å². The van der Waals surface area contributed by atoms with Crippen molar-refractivity contribution in [3.63, 3.8) is 0 Å². The summed E-state index contributed by atoms with van der Waals surface area (Å²) in [6, 6.07) is 0. The second-order valence-electron chi connectivity index (χ2n) is 4.38. The predicted octanol–water partition coefficient (Wildman–Crippen LogP) is 1.28. The number of nitrogens with two attached hydrogens (primary N) is 1. The van der Waals surface area contributed by atoms with Crippen LogP contribution in [0.4, 0.5) is 0 Å². The Labute approximate surface area is 126 Å². The molecule has 6 nitrogen and oxygen atoms in total. The summed E-state index contributed by atoms with van der Waals surface area (Å²) < 4.78 is 1.88. The first-order valence-corrected chi connectivity index (χ1v) is 5.95. The van der Waals surface area contributed by atoms with Gasteiger partial charge in [-0.1, -0.05) is 13.3 Å². The highest BCUT2D eigenvalue weighted by Gasteiger charge is 2.26. The van der Waals surface area contributed by atoms with Crippen molar-refractivity contribution in [2.45, 2.75) is 52.2 Å². The molecule has 0 bridgehead atoms. The molecule has 1 rings (SSSR count). The topological polar surface area (TPSA) is 85.8 Å². The Bertz CT molecular complexity index is 381. The highest BCUT2D eigenvalue weighted by molar-refractivity contribution is 5.86. The lowest BCUT2D eigenvalue weighted by Gasteiger charge is -2.22. The normalized spacial score (nSPS) is 12.8. The number of carbonyl (C=O) groups excluding carboxylic acids is 1. The number of carbonyl (C=O) groups is 1. The maximum Gasteiger partial charge on any atom is 0.240 e. The zero-order valence-electron chi connectivity index (χ0n) is 11.5. The Morgan fingerprint density at radius 1 is 1.47 bits per heavy atom. The zero-order chi connectivity index (χ0) is 12.9. The van der Waals surface area contributed by atoms with Crippen LogP contribution in [0.3, 0.4) is 0 Å². The summed E-state index contributed by atoms with van der Waals surface area (Å²) in [5, 5.41) is 10.5. The van der Waals surface area contributed by atoms with E-state index in [1.54, 1.807) is 13.3 Å². The Morgan fingerprint density at radius 2 is 2.11 bits per heavy atom. The van der Waals surface area contributed by atoms with Crippen molar-refractivity contribution in [2.24, 2.45) is 5.73 Å². The Balaban J connectivity index is 0. The van der Waals surface area contributed by atoms with Crippen LogP contribution in [0, 0.1) is 0 Å². The van der Waals surface area contributed by atoms with Crippen molar-refractivity contribution in [1.29, 1.82) is 0 Å². The van der Waals surface area contributed by atoms with Gasteiger partial charge in [-0.3, -0.25) is 4.79 Å². The van der Waals surface area contributed by atoms with Gasteiger partial charge >= 0.3 is 0 Å². The molecule has 112 valence electrons. The number of nitrogens with zero attached hydrogens (tertiary/aromatic N) is 3. The van der Waals surface area contributed by atoms with Gasteiger partial charge in [-0.2, -0.15) is 0 Å². The van der Waals surface area contributed by atoms with Crippen molar-refractivity contribution >= 4 is 30.7 Å². The van der Waals surface area contributed by atoms with Gasteiger partial charge < -0.3 is 15.6 Å². The van der Waals surface area contributed by atoms with Crippen LogP contribution in [-0.4, -0.2) is 26.2 Å². The average Bonchev–Trinajstić information content (AvgIpc) is 2.72. The first-order chi connectivity index (χ1) is 8.01. The molecule has 1 amide bonds. The third-order valence-electron chi connectivity index (χ3n) is 2.73. The fourth-order valence-corrected chi connectivity index (χ4v) is 1.67. The largest absolute Gasteiger partial charge is 0.347 e. The molecule has 8 heteroatoms.